The minimum atomic E-state index is -4.42. The van der Waals surface area contributed by atoms with E-state index in [0.717, 1.165) is 12.1 Å². The third-order valence-corrected chi connectivity index (χ3v) is 2.87. The van der Waals surface area contributed by atoms with Crippen molar-refractivity contribution in [3.05, 3.63) is 29.8 Å². The summed E-state index contributed by atoms with van der Waals surface area (Å²) >= 11 is 0. The molecule has 0 radical (unpaired) electrons. The van der Waals surface area contributed by atoms with Gasteiger partial charge in [0.05, 0.1) is 24.8 Å². The molecule has 2 amide bonds. The Morgan fingerprint density at radius 3 is 2.73 bits per heavy atom. The molecule has 124 valence electrons. The molecule has 0 bridgehead atoms. The van der Waals surface area contributed by atoms with Crippen molar-refractivity contribution in [3.8, 4) is 5.75 Å². The molecule has 5 nitrogen and oxygen atoms in total. The first-order chi connectivity index (χ1) is 10.4. The molecule has 0 spiro atoms. The molecular formula is C14H19F3N2O3. The summed E-state index contributed by atoms with van der Waals surface area (Å²) in [6.07, 6.45) is -3.83. The number of rotatable bonds is 7. The number of hydrogen-bond acceptors (Lipinski definition) is 3. The average Bonchev–Trinajstić information content (AvgIpc) is 2.48. The first-order valence-corrected chi connectivity index (χ1v) is 6.82. The number of carbonyl (C=O) groups excluding carboxylic acids is 1. The van der Waals surface area contributed by atoms with Crippen LogP contribution >= 0.6 is 0 Å². The van der Waals surface area contributed by atoms with Crippen LogP contribution in [0.3, 0.4) is 0 Å². The lowest BCUT2D eigenvalue weighted by molar-refractivity contribution is -0.137. The second kappa shape index (κ2) is 8.47. The van der Waals surface area contributed by atoms with Crippen molar-refractivity contribution in [1.29, 1.82) is 0 Å². The van der Waals surface area contributed by atoms with Gasteiger partial charge in [0, 0.05) is 0 Å². The Bertz CT molecular complexity index is 477. The minimum Gasteiger partial charge on any atom is -0.492 e. The molecule has 1 aromatic carbocycles. The predicted molar refractivity (Wildman–Crippen MR) is 74.6 cm³/mol. The monoisotopic (exact) mass is 320 g/mol. The van der Waals surface area contributed by atoms with E-state index in [1.807, 2.05) is 6.92 Å². The van der Waals surface area contributed by atoms with Gasteiger partial charge in [0.25, 0.3) is 0 Å². The van der Waals surface area contributed by atoms with Crippen LogP contribution in [0.2, 0.25) is 0 Å². The molecule has 0 saturated carbocycles. The summed E-state index contributed by atoms with van der Waals surface area (Å²) in [6, 6.07) is 3.73. The van der Waals surface area contributed by atoms with Gasteiger partial charge in [-0.05, 0) is 24.6 Å². The fourth-order valence-corrected chi connectivity index (χ4v) is 1.61. The summed E-state index contributed by atoms with van der Waals surface area (Å²) in [5.74, 6) is 0.0822. The smallest absolute Gasteiger partial charge is 0.416 e. The van der Waals surface area contributed by atoms with Gasteiger partial charge in [-0.15, -0.1) is 0 Å². The zero-order chi connectivity index (χ0) is 16.6. The highest BCUT2D eigenvalue weighted by Gasteiger charge is 2.30. The first kappa shape index (κ1) is 18.1. The summed E-state index contributed by atoms with van der Waals surface area (Å²) in [5.41, 5.74) is -0.788. The lowest BCUT2D eigenvalue weighted by Crippen LogP contribution is -2.44. The second-order valence-corrected chi connectivity index (χ2v) is 4.56. The lowest BCUT2D eigenvalue weighted by atomic mass is 10.2. The van der Waals surface area contributed by atoms with E-state index in [1.165, 1.54) is 12.1 Å². The number of nitrogens with one attached hydrogen (secondary N) is 2. The highest BCUT2D eigenvalue weighted by Crippen LogP contribution is 2.31. The average molecular weight is 320 g/mol. The van der Waals surface area contributed by atoms with Crippen LogP contribution in [0.25, 0.3) is 0 Å². The molecule has 1 atom stereocenters. The SMILES string of the molecule is CCC(CO)NC(=O)NCCOc1cccc(C(F)(F)F)c1. The highest BCUT2D eigenvalue weighted by atomic mass is 19.4. The van der Waals surface area contributed by atoms with E-state index in [1.54, 1.807) is 0 Å². The molecule has 0 saturated heterocycles. The Kier molecular flexibility index (Phi) is 6.97. The van der Waals surface area contributed by atoms with E-state index in [0.29, 0.717) is 6.42 Å². The summed E-state index contributed by atoms with van der Waals surface area (Å²) < 4.78 is 42.7. The molecule has 0 aliphatic rings. The number of benzene rings is 1. The van der Waals surface area contributed by atoms with Gasteiger partial charge in [0.2, 0.25) is 0 Å². The number of aliphatic hydroxyl groups is 1. The lowest BCUT2D eigenvalue weighted by Gasteiger charge is -2.15. The van der Waals surface area contributed by atoms with Crippen molar-refractivity contribution in [1.82, 2.24) is 10.6 Å². The van der Waals surface area contributed by atoms with Crippen LogP contribution in [-0.4, -0.2) is 36.9 Å². The topological polar surface area (TPSA) is 70.6 Å². The molecule has 8 heteroatoms. The molecule has 1 unspecified atom stereocenters. The summed E-state index contributed by atoms with van der Waals surface area (Å²) in [4.78, 5) is 11.4. The van der Waals surface area contributed by atoms with Crippen molar-refractivity contribution in [3.63, 3.8) is 0 Å². The van der Waals surface area contributed by atoms with Crippen LogP contribution in [0.15, 0.2) is 24.3 Å². The molecule has 0 heterocycles. The van der Waals surface area contributed by atoms with E-state index >= 15 is 0 Å². The van der Waals surface area contributed by atoms with Crippen LogP contribution in [0.4, 0.5) is 18.0 Å². The maximum absolute atomic E-state index is 12.5. The molecule has 22 heavy (non-hydrogen) atoms. The number of ether oxygens (including phenoxy) is 1. The Morgan fingerprint density at radius 1 is 1.41 bits per heavy atom. The van der Waals surface area contributed by atoms with Crippen molar-refractivity contribution in [2.75, 3.05) is 19.8 Å². The number of urea groups is 1. The standard InChI is InChI=1S/C14H19F3N2O3/c1-2-11(9-20)19-13(21)18-6-7-22-12-5-3-4-10(8-12)14(15,16)17/h3-5,8,11,20H,2,6-7,9H2,1H3,(H2,18,19,21). The summed E-state index contributed by atoms with van der Waals surface area (Å²) in [7, 11) is 0. The van der Waals surface area contributed by atoms with E-state index in [9.17, 15) is 18.0 Å². The number of aliphatic hydroxyl groups excluding tert-OH is 1. The van der Waals surface area contributed by atoms with Crippen LogP contribution in [-0.2, 0) is 6.18 Å². The maximum Gasteiger partial charge on any atom is 0.416 e. The third-order valence-electron chi connectivity index (χ3n) is 2.87. The summed E-state index contributed by atoms with van der Waals surface area (Å²) in [6.45, 7) is 1.82. The molecule has 0 aromatic heterocycles. The van der Waals surface area contributed by atoms with Crippen LogP contribution in [0.1, 0.15) is 18.9 Å². The Morgan fingerprint density at radius 2 is 2.14 bits per heavy atom. The van der Waals surface area contributed by atoms with Gasteiger partial charge < -0.3 is 20.5 Å². The van der Waals surface area contributed by atoms with Gasteiger partial charge in [-0.2, -0.15) is 13.2 Å². The van der Waals surface area contributed by atoms with Gasteiger partial charge in [0.1, 0.15) is 12.4 Å². The molecule has 1 aromatic rings. The van der Waals surface area contributed by atoms with E-state index < -0.39 is 17.8 Å². The van der Waals surface area contributed by atoms with Crippen LogP contribution in [0.5, 0.6) is 5.75 Å². The van der Waals surface area contributed by atoms with Gasteiger partial charge in [-0.3, -0.25) is 0 Å². The Labute approximate surface area is 126 Å². The fourth-order valence-electron chi connectivity index (χ4n) is 1.61. The first-order valence-electron chi connectivity index (χ1n) is 6.82. The molecule has 0 aliphatic heterocycles. The van der Waals surface area contributed by atoms with E-state index in [-0.39, 0.29) is 31.5 Å². The van der Waals surface area contributed by atoms with Crippen molar-refractivity contribution in [2.24, 2.45) is 0 Å². The fraction of sp³-hybridized carbons (Fsp3) is 0.500. The number of amides is 2. The van der Waals surface area contributed by atoms with Crippen molar-refractivity contribution in [2.45, 2.75) is 25.6 Å². The van der Waals surface area contributed by atoms with E-state index in [4.69, 9.17) is 9.84 Å². The zero-order valence-corrected chi connectivity index (χ0v) is 12.1. The minimum absolute atomic E-state index is 0.0324. The predicted octanol–water partition coefficient (Wildman–Crippen LogP) is 2.15. The second-order valence-electron chi connectivity index (χ2n) is 4.56. The molecule has 0 aliphatic carbocycles. The molecule has 3 N–H and O–H groups in total. The number of hydrogen-bond donors (Lipinski definition) is 3. The zero-order valence-electron chi connectivity index (χ0n) is 12.1. The quantitative estimate of drug-likeness (QED) is 0.674. The Hall–Kier alpha value is -1.96. The van der Waals surface area contributed by atoms with Crippen LogP contribution < -0.4 is 15.4 Å². The maximum atomic E-state index is 12.5. The van der Waals surface area contributed by atoms with Crippen molar-refractivity contribution >= 4 is 6.03 Å². The molecular weight excluding hydrogens is 301 g/mol. The third kappa shape index (κ3) is 6.21. The van der Waals surface area contributed by atoms with Crippen molar-refractivity contribution < 1.29 is 27.8 Å². The van der Waals surface area contributed by atoms with Gasteiger partial charge >= 0.3 is 12.2 Å². The molecule has 1 rings (SSSR count). The van der Waals surface area contributed by atoms with E-state index in [2.05, 4.69) is 10.6 Å². The van der Waals surface area contributed by atoms with Gasteiger partial charge in [-0.1, -0.05) is 13.0 Å². The van der Waals surface area contributed by atoms with Gasteiger partial charge in [-0.25, -0.2) is 4.79 Å². The molecule has 0 fully saturated rings. The number of alkyl halides is 3. The highest BCUT2D eigenvalue weighted by molar-refractivity contribution is 5.74. The largest absolute Gasteiger partial charge is 0.492 e. The Balaban J connectivity index is 2.34. The number of halogens is 3. The number of carbonyl (C=O) groups is 1. The summed E-state index contributed by atoms with van der Waals surface area (Å²) in [5, 5.41) is 14.0. The normalized spacial score (nSPS) is 12.6. The van der Waals surface area contributed by atoms with Gasteiger partial charge in [0.15, 0.2) is 0 Å². The van der Waals surface area contributed by atoms with Crippen LogP contribution in [0, 0.1) is 0 Å².